The van der Waals surface area contributed by atoms with Gasteiger partial charge in [-0.05, 0) is 29.7 Å². The van der Waals surface area contributed by atoms with Gasteiger partial charge in [0, 0.05) is 17.3 Å². The van der Waals surface area contributed by atoms with Crippen molar-refractivity contribution in [2.75, 3.05) is 17.2 Å². The number of nitrogens with one attached hydrogen (secondary N) is 2. The number of alkyl halides is 3. The molecule has 0 unspecified atom stereocenters. The van der Waals surface area contributed by atoms with E-state index >= 15 is 0 Å². The number of benzene rings is 1. The molecule has 21 heavy (non-hydrogen) atoms. The predicted octanol–water partition coefficient (Wildman–Crippen LogP) is 4.38. The zero-order valence-electron chi connectivity index (χ0n) is 12.6. The highest BCUT2D eigenvalue weighted by atomic mass is 19.4. The molecule has 0 fully saturated rings. The molecule has 0 saturated carbocycles. The van der Waals surface area contributed by atoms with Crippen LogP contribution < -0.4 is 10.6 Å². The fraction of sp³-hybridized carbons (Fsp3) is 0.533. The third-order valence-corrected chi connectivity index (χ3v) is 2.91. The van der Waals surface area contributed by atoms with Crippen LogP contribution in [0.1, 0.15) is 39.2 Å². The summed E-state index contributed by atoms with van der Waals surface area (Å²) in [4.78, 5) is 11.7. The van der Waals surface area contributed by atoms with Crippen LogP contribution in [0.2, 0.25) is 0 Å². The van der Waals surface area contributed by atoms with Crippen LogP contribution in [0.4, 0.5) is 24.5 Å². The first-order valence-electron chi connectivity index (χ1n) is 6.85. The van der Waals surface area contributed by atoms with Crippen molar-refractivity contribution in [2.45, 2.75) is 39.8 Å². The summed E-state index contributed by atoms with van der Waals surface area (Å²) in [5, 5.41) is 5.06. The van der Waals surface area contributed by atoms with Crippen LogP contribution in [-0.2, 0) is 4.79 Å². The fourth-order valence-corrected chi connectivity index (χ4v) is 1.65. The molecule has 6 heteroatoms. The van der Waals surface area contributed by atoms with Crippen LogP contribution in [0.3, 0.4) is 0 Å². The first kappa shape index (κ1) is 17.3. The maximum atomic E-state index is 12.3. The maximum Gasteiger partial charge on any atom is 0.405 e. The van der Waals surface area contributed by atoms with Crippen molar-refractivity contribution in [2.24, 2.45) is 5.92 Å². The molecular weight excluding hydrogens is 281 g/mol. The third-order valence-electron chi connectivity index (χ3n) is 2.91. The van der Waals surface area contributed by atoms with E-state index in [0.29, 0.717) is 11.4 Å². The lowest BCUT2D eigenvalue weighted by Gasteiger charge is -2.16. The summed E-state index contributed by atoms with van der Waals surface area (Å²) < 4.78 is 36.9. The molecule has 0 aliphatic heterocycles. The second-order valence-corrected chi connectivity index (χ2v) is 5.61. The topological polar surface area (TPSA) is 41.1 Å². The molecule has 1 aromatic carbocycles. The maximum absolute atomic E-state index is 12.3. The van der Waals surface area contributed by atoms with E-state index in [1.807, 2.05) is 13.8 Å². The number of hydrogen-bond donors (Lipinski definition) is 2. The Kier molecular flexibility index (Phi) is 5.63. The average Bonchev–Trinajstić information content (AvgIpc) is 2.35. The van der Waals surface area contributed by atoms with Crippen molar-refractivity contribution in [3.8, 4) is 0 Å². The minimum absolute atomic E-state index is 0.146. The van der Waals surface area contributed by atoms with Gasteiger partial charge in [0.2, 0.25) is 5.91 Å². The minimum Gasteiger partial charge on any atom is -0.376 e. The van der Waals surface area contributed by atoms with E-state index in [9.17, 15) is 18.0 Å². The van der Waals surface area contributed by atoms with Gasteiger partial charge in [0.15, 0.2) is 0 Å². The van der Waals surface area contributed by atoms with Crippen LogP contribution in [0.15, 0.2) is 18.2 Å². The predicted molar refractivity (Wildman–Crippen MR) is 78.5 cm³/mol. The van der Waals surface area contributed by atoms with Gasteiger partial charge in [-0.15, -0.1) is 0 Å². The highest BCUT2D eigenvalue weighted by Crippen LogP contribution is 2.26. The Hall–Kier alpha value is -1.72. The molecule has 0 bridgehead atoms. The molecule has 0 radical (unpaired) electrons. The van der Waals surface area contributed by atoms with Gasteiger partial charge in [0.1, 0.15) is 6.54 Å². The standard InChI is InChI=1S/C15H21F3N2O/c1-9(2)11-5-12(19-8-15(16,17)18)7-13(6-11)20-14(21)10(3)4/h5-7,9-10,19H,8H2,1-4H3,(H,20,21). The second kappa shape index (κ2) is 6.83. The summed E-state index contributed by atoms with van der Waals surface area (Å²) in [6, 6.07) is 4.96. The molecule has 2 N–H and O–H groups in total. The summed E-state index contributed by atoms with van der Waals surface area (Å²) in [6.07, 6.45) is -4.28. The van der Waals surface area contributed by atoms with Crippen LogP contribution in [0.25, 0.3) is 0 Å². The molecule has 0 spiro atoms. The first-order valence-corrected chi connectivity index (χ1v) is 6.85. The van der Waals surface area contributed by atoms with Gasteiger partial charge in [-0.2, -0.15) is 13.2 Å². The van der Waals surface area contributed by atoms with Gasteiger partial charge in [-0.1, -0.05) is 27.7 Å². The SMILES string of the molecule is CC(C)C(=O)Nc1cc(NCC(F)(F)F)cc(C(C)C)c1. The molecule has 0 aliphatic rings. The molecule has 1 rings (SSSR count). The van der Waals surface area contributed by atoms with Crippen molar-refractivity contribution in [1.82, 2.24) is 0 Å². The summed E-state index contributed by atoms with van der Waals surface area (Å²) in [6.45, 7) is 6.29. The van der Waals surface area contributed by atoms with Crippen molar-refractivity contribution in [3.63, 3.8) is 0 Å². The van der Waals surface area contributed by atoms with Crippen LogP contribution in [0.5, 0.6) is 0 Å². The van der Waals surface area contributed by atoms with Crippen LogP contribution in [-0.4, -0.2) is 18.6 Å². The Morgan fingerprint density at radius 1 is 1.10 bits per heavy atom. The van der Waals surface area contributed by atoms with Gasteiger partial charge in [0.05, 0.1) is 0 Å². The Morgan fingerprint density at radius 2 is 1.67 bits per heavy atom. The van der Waals surface area contributed by atoms with E-state index < -0.39 is 12.7 Å². The van der Waals surface area contributed by atoms with Crippen LogP contribution in [0, 0.1) is 5.92 Å². The molecule has 0 heterocycles. The third kappa shape index (κ3) is 6.06. The zero-order chi connectivity index (χ0) is 16.2. The number of carbonyl (C=O) groups is 1. The summed E-state index contributed by atoms with van der Waals surface area (Å²) in [5.74, 6) is -0.218. The first-order chi connectivity index (χ1) is 9.58. The number of carbonyl (C=O) groups excluding carboxylic acids is 1. The molecule has 1 aromatic rings. The van der Waals surface area contributed by atoms with E-state index in [-0.39, 0.29) is 17.7 Å². The zero-order valence-corrected chi connectivity index (χ0v) is 12.6. The van der Waals surface area contributed by atoms with Gasteiger partial charge < -0.3 is 10.6 Å². The lowest BCUT2D eigenvalue weighted by molar-refractivity contribution is -0.119. The van der Waals surface area contributed by atoms with Crippen molar-refractivity contribution >= 4 is 17.3 Å². The molecule has 0 atom stereocenters. The van der Waals surface area contributed by atoms with E-state index in [2.05, 4.69) is 10.6 Å². The Balaban J connectivity index is 2.97. The average molecular weight is 302 g/mol. The van der Waals surface area contributed by atoms with E-state index in [4.69, 9.17) is 0 Å². The molecule has 0 aliphatic carbocycles. The molecule has 118 valence electrons. The van der Waals surface area contributed by atoms with Gasteiger partial charge in [0.25, 0.3) is 0 Å². The molecular formula is C15H21F3N2O. The van der Waals surface area contributed by atoms with Crippen LogP contribution >= 0.6 is 0 Å². The summed E-state index contributed by atoms with van der Waals surface area (Å²) in [7, 11) is 0. The largest absolute Gasteiger partial charge is 0.405 e. The van der Waals surface area contributed by atoms with Crippen molar-refractivity contribution < 1.29 is 18.0 Å². The summed E-state index contributed by atoms with van der Waals surface area (Å²) in [5.41, 5.74) is 1.71. The molecule has 0 aromatic heterocycles. The quantitative estimate of drug-likeness (QED) is 0.847. The van der Waals surface area contributed by atoms with E-state index in [0.717, 1.165) is 5.56 Å². The van der Waals surface area contributed by atoms with Gasteiger partial charge in [-0.3, -0.25) is 4.79 Å². The summed E-state index contributed by atoms with van der Waals surface area (Å²) >= 11 is 0. The highest BCUT2D eigenvalue weighted by Gasteiger charge is 2.26. The number of rotatable bonds is 5. The normalized spacial score (nSPS) is 11.9. The Morgan fingerprint density at radius 3 is 2.14 bits per heavy atom. The van der Waals surface area contributed by atoms with Gasteiger partial charge >= 0.3 is 6.18 Å². The number of amides is 1. The van der Waals surface area contributed by atoms with Crippen molar-refractivity contribution in [3.05, 3.63) is 23.8 Å². The number of hydrogen-bond acceptors (Lipinski definition) is 2. The monoisotopic (exact) mass is 302 g/mol. The fourth-order valence-electron chi connectivity index (χ4n) is 1.65. The number of halogens is 3. The molecule has 0 saturated heterocycles. The lowest BCUT2D eigenvalue weighted by Crippen LogP contribution is -2.22. The highest BCUT2D eigenvalue weighted by molar-refractivity contribution is 5.92. The van der Waals surface area contributed by atoms with Gasteiger partial charge in [-0.25, -0.2) is 0 Å². The Labute approximate surface area is 122 Å². The van der Waals surface area contributed by atoms with Crippen molar-refractivity contribution in [1.29, 1.82) is 0 Å². The minimum atomic E-state index is -4.28. The lowest BCUT2D eigenvalue weighted by atomic mass is 10.0. The smallest absolute Gasteiger partial charge is 0.376 e. The number of anilines is 2. The molecule has 3 nitrogen and oxygen atoms in total. The molecule has 1 amide bonds. The van der Waals surface area contributed by atoms with E-state index in [1.165, 1.54) is 6.07 Å². The van der Waals surface area contributed by atoms with E-state index in [1.54, 1.807) is 26.0 Å². The Bertz CT molecular complexity index is 496. The second-order valence-electron chi connectivity index (χ2n) is 5.61.